The molecular weight excluding hydrogens is 220 g/mol. The fraction of sp³-hybridized carbons (Fsp3) is 0.417. The zero-order valence-electron chi connectivity index (χ0n) is 9.62. The van der Waals surface area contributed by atoms with Gasteiger partial charge in [0, 0.05) is 13.1 Å². The number of thiophene rings is 1. The first-order valence-corrected chi connectivity index (χ1v) is 6.50. The number of carbonyl (C=O) groups is 1. The Hall–Kier alpha value is -1.29. The van der Waals surface area contributed by atoms with Crippen LogP contribution in [0, 0.1) is 0 Å². The van der Waals surface area contributed by atoms with Gasteiger partial charge in [-0.25, -0.2) is 0 Å². The summed E-state index contributed by atoms with van der Waals surface area (Å²) in [6.07, 6.45) is 1.03. The van der Waals surface area contributed by atoms with Crippen LogP contribution in [0.1, 0.15) is 30.8 Å². The molecular formula is C12H16N2OS. The molecule has 2 aromatic heterocycles. The lowest BCUT2D eigenvalue weighted by atomic mass is 10.4. The number of hydrogen-bond acceptors (Lipinski definition) is 2. The van der Waals surface area contributed by atoms with Crippen molar-refractivity contribution < 1.29 is 4.79 Å². The molecule has 86 valence electrons. The van der Waals surface area contributed by atoms with Crippen molar-refractivity contribution >= 4 is 27.5 Å². The third-order valence-corrected chi connectivity index (χ3v) is 3.39. The van der Waals surface area contributed by atoms with Gasteiger partial charge >= 0.3 is 0 Å². The molecule has 2 aromatic rings. The van der Waals surface area contributed by atoms with Crippen LogP contribution in [0.5, 0.6) is 0 Å². The third-order valence-electron chi connectivity index (χ3n) is 2.54. The predicted molar refractivity (Wildman–Crippen MR) is 68.1 cm³/mol. The van der Waals surface area contributed by atoms with Crippen molar-refractivity contribution in [1.82, 2.24) is 9.88 Å². The van der Waals surface area contributed by atoms with Crippen molar-refractivity contribution in [1.29, 1.82) is 0 Å². The normalized spacial score (nSPS) is 10.9. The van der Waals surface area contributed by atoms with Crippen LogP contribution in [0.15, 0.2) is 17.5 Å². The first-order chi connectivity index (χ1) is 7.77. The second-order valence-corrected chi connectivity index (χ2v) is 4.66. The minimum atomic E-state index is 0.0272. The van der Waals surface area contributed by atoms with E-state index < -0.39 is 0 Å². The summed E-state index contributed by atoms with van der Waals surface area (Å²) in [5, 5.41) is 4.92. The Balaban J connectivity index is 2.46. The quantitative estimate of drug-likeness (QED) is 0.870. The van der Waals surface area contributed by atoms with Crippen LogP contribution in [0.25, 0.3) is 10.2 Å². The molecule has 0 bridgehead atoms. The van der Waals surface area contributed by atoms with Gasteiger partial charge in [-0.1, -0.05) is 6.92 Å². The summed E-state index contributed by atoms with van der Waals surface area (Å²) < 4.78 is 3.30. The number of fused-ring (bicyclic) bond motifs is 1. The summed E-state index contributed by atoms with van der Waals surface area (Å²) in [5.74, 6) is 0.0272. The lowest BCUT2D eigenvalue weighted by molar-refractivity contribution is 0.0947. The average Bonchev–Trinajstić information content (AvgIpc) is 2.81. The largest absolute Gasteiger partial charge is 0.351 e. The van der Waals surface area contributed by atoms with E-state index >= 15 is 0 Å². The topological polar surface area (TPSA) is 34.0 Å². The van der Waals surface area contributed by atoms with E-state index in [0.717, 1.165) is 18.7 Å². The summed E-state index contributed by atoms with van der Waals surface area (Å²) in [5.41, 5.74) is 1.96. The van der Waals surface area contributed by atoms with Crippen LogP contribution >= 0.6 is 11.3 Å². The van der Waals surface area contributed by atoms with Crippen molar-refractivity contribution in [3.63, 3.8) is 0 Å². The smallest absolute Gasteiger partial charge is 0.267 e. The molecule has 0 spiro atoms. The standard InChI is InChI=1S/C12H16N2OS/c1-3-6-14-9-5-7-16-11(9)8-10(14)12(15)13-4-2/h5,7-8H,3-4,6H2,1-2H3,(H,13,15). The van der Waals surface area contributed by atoms with Gasteiger partial charge < -0.3 is 9.88 Å². The molecule has 1 N–H and O–H groups in total. The Morgan fingerprint density at radius 1 is 1.50 bits per heavy atom. The molecule has 0 aromatic carbocycles. The van der Waals surface area contributed by atoms with Crippen molar-refractivity contribution in [2.45, 2.75) is 26.8 Å². The molecule has 1 amide bonds. The Labute approximate surface area is 99.1 Å². The van der Waals surface area contributed by atoms with Crippen LogP contribution in [-0.4, -0.2) is 17.0 Å². The van der Waals surface area contributed by atoms with E-state index in [0.29, 0.717) is 6.54 Å². The number of rotatable bonds is 4. The first kappa shape index (κ1) is 11.2. The van der Waals surface area contributed by atoms with Crippen molar-refractivity contribution in [2.75, 3.05) is 6.54 Å². The highest BCUT2D eigenvalue weighted by Gasteiger charge is 2.14. The molecule has 0 aliphatic rings. The molecule has 0 unspecified atom stereocenters. The Morgan fingerprint density at radius 3 is 3.00 bits per heavy atom. The number of aryl methyl sites for hydroxylation is 1. The molecule has 3 nitrogen and oxygen atoms in total. The van der Waals surface area contributed by atoms with Crippen LogP contribution in [0.2, 0.25) is 0 Å². The number of hydrogen-bond donors (Lipinski definition) is 1. The second-order valence-electron chi connectivity index (χ2n) is 3.71. The maximum absolute atomic E-state index is 11.9. The highest BCUT2D eigenvalue weighted by molar-refractivity contribution is 7.17. The van der Waals surface area contributed by atoms with E-state index in [2.05, 4.69) is 28.3 Å². The van der Waals surface area contributed by atoms with E-state index in [4.69, 9.17) is 0 Å². The molecule has 16 heavy (non-hydrogen) atoms. The summed E-state index contributed by atoms with van der Waals surface area (Å²) >= 11 is 1.68. The van der Waals surface area contributed by atoms with Gasteiger partial charge in [0.25, 0.3) is 5.91 Å². The van der Waals surface area contributed by atoms with E-state index in [1.165, 1.54) is 10.2 Å². The maximum Gasteiger partial charge on any atom is 0.267 e. The number of aromatic nitrogens is 1. The van der Waals surface area contributed by atoms with E-state index in [9.17, 15) is 4.79 Å². The summed E-state index contributed by atoms with van der Waals surface area (Å²) in [6, 6.07) is 4.07. The number of nitrogens with one attached hydrogen (secondary N) is 1. The Bertz CT molecular complexity index is 498. The van der Waals surface area contributed by atoms with E-state index in [1.54, 1.807) is 11.3 Å². The van der Waals surface area contributed by atoms with Gasteiger partial charge in [0.15, 0.2) is 0 Å². The predicted octanol–water partition coefficient (Wildman–Crippen LogP) is 2.86. The third kappa shape index (κ3) is 1.85. The zero-order chi connectivity index (χ0) is 11.5. The molecule has 0 aliphatic heterocycles. The summed E-state index contributed by atoms with van der Waals surface area (Å²) in [4.78, 5) is 11.9. The van der Waals surface area contributed by atoms with Crippen LogP contribution in [0.3, 0.4) is 0 Å². The zero-order valence-corrected chi connectivity index (χ0v) is 10.4. The molecule has 0 fully saturated rings. The highest BCUT2D eigenvalue weighted by atomic mass is 32.1. The van der Waals surface area contributed by atoms with Crippen molar-refractivity contribution in [3.05, 3.63) is 23.2 Å². The second kappa shape index (κ2) is 4.70. The lowest BCUT2D eigenvalue weighted by Crippen LogP contribution is -2.25. The van der Waals surface area contributed by atoms with E-state index in [1.807, 2.05) is 13.0 Å². The molecule has 0 aliphatic carbocycles. The monoisotopic (exact) mass is 236 g/mol. The number of carbonyl (C=O) groups excluding carboxylic acids is 1. The maximum atomic E-state index is 11.9. The van der Waals surface area contributed by atoms with Crippen LogP contribution in [0.4, 0.5) is 0 Å². The fourth-order valence-corrected chi connectivity index (χ4v) is 2.70. The minimum absolute atomic E-state index is 0.0272. The lowest BCUT2D eigenvalue weighted by Gasteiger charge is -2.08. The molecule has 0 radical (unpaired) electrons. The van der Waals surface area contributed by atoms with Gasteiger partial charge in [0.2, 0.25) is 0 Å². The van der Waals surface area contributed by atoms with Gasteiger partial charge in [-0.05, 0) is 30.9 Å². The molecule has 4 heteroatoms. The van der Waals surface area contributed by atoms with Gasteiger partial charge in [0.05, 0.1) is 10.2 Å². The molecule has 2 heterocycles. The Kier molecular flexibility index (Phi) is 3.29. The van der Waals surface area contributed by atoms with Gasteiger partial charge in [-0.2, -0.15) is 0 Å². The summed E-state index contributed by atoms with van der Waals surface area (Å²) in [7, 11) is 0. The minimum Gasteiger partial charge on any atom is -0.351 e. The highest BCUT2D eigenvalue weighted by Crippen LogP contribution is 2.25. The number of amides is 1. The van der Waals surface area contributed by atoms with Crippen LogP contribution in [-0.2, 0) is 6.54 Å². The first-order valence-electron chi connectivity index (χ1n) is 5.62. The number of nitrogens with zero attached hydrogens (tertiary/aromatic N) is 1. The molecule has 0 saturated carbocycles. The molecule has 0 saturated heterocycles. The van der Waals surface area contributed by atoms with Gasteiger partial charge in [-0.15, -0.1) is 11.3 Å². The SMILES string of the molecule is CCCn1c(C(=O)NCC)cc2sccc21. The Morgan fingerprint density at radius 2 is 2.31 bits per heavy atom. The van der Waals surface area contributed by atoms with Crippen LogP contribution < -0.4 is 5.32 Å². The van der Waals surface area contributed by atoms with Gasteiger partial charge in [-0.3, -0.25) is 4.79 Å². The van der Waals surface area contributed by atoms with Crippen molar-refractivity contribution in [2.24, 2.45) is 0 Å². The van der Waals surface area contributed by atoms with E-state index in [-0.39, 0.29) is 5.91 Å². The van der Waals surface area contributed by atoms with Gasteiger partial charge in [0.1, 0.15) is 5.69 Å². The average molecular weight is 236 g/mol. The fourth-order valence-electron chi connectivity index (χ4n) is 1.88. The molecule has 0 atom stereocenters. The van der Waals surface area contributed by atoms with Crippen molar-refractivity contribution in [3.8, 4) is 0 Å². The summed E-state index contributed by atoms with van der Waals surface area (Å²) in [6.45, 7) is 5.63. The molecule has 2 rings (SSSR count).